The third-order valence-electron chi connectivity index (χ3n) is 3.04. The first-order valence-corrected chi connectivity index (χ1v) is 7.21. The summed E-state index contributed by atoms with van der Waals surface area (Å²) >= 11 is 0. The van der Waals surface area contributed by atoms with Gasteiger partial charge in [-0.15, -0.1) is 0 Å². The summed E-state index contributed by atoms with van der Waals surface area (Å²) in [6, 6.07) is 13.9. The lowest BCUT2D eigenvalue weighted by atomic mass is 10.2. The molecule has 0 saturated carbocycles. The van der Waals surface area contributed by atoms with Crippen molar-refractivity contribution >= 4 is 11.4 Å². The molecule has 0 radical (unpaired) electrons. The van der Waals surface area contributed by atoms with Crippen LogP contribution in [0.5, 0.6) is 11.5 Å². The van der Waals surface area contributed by atoms with Gasteiger partial charge in [0.05, 0.1) is 24.6 Å². The molecule has 2 rings (SSSR count). The molecule has 3 N–H and O–H groups in total. The van der Waals surface area contributed by atoms with Crippen molar-refractivity contribution in [2.45, 2.75) is 20.4 Å². The largest absolute Gasteiger partial charge is 0.492 e. The molecule has 2 aromatic rings. The zero-order valence-corrected chi connectivity index (χ0v) is 12.6. The summed E-state index contributed by atoms with van der Waals surface area (Å²) in [5.41, 5.74) is 8.66. The molecule has 0 spiro atoms. The predicted molar refractivity (Wildman–Crippen MR) is 87.0 cm³/mol. The van der Waals surface area contributed by atoms with Crippen molar-refractivity contribution in [3.8, 4) is 11.5 Å². The number of rotatable bonds is 7. The van der Waals surface area contributed by atoms with E-state index in [4.69, 9.17) is 15.2 Å². The van der Waals surface area contributed by atoms with Gasteiger partial charge in [-0.3, -0.25) is 0 Å². The molecule has 112 valence electrons. The third-order valence-corrected chi connectivity index (χ3v) is 3.04. The fraction of sp³-hybridized carbons (Fsp3) is 0.294. The summed E-state index contributed by atoms with van der Waals surface area (Å²) in [6.07, 6.45) is 0. The van der Waals surface area contributed by atoms with Gasteiger partial charge in [0.15, 0.2) is 0 Å². The molecule has 2 aromatic carbocycles. The summed E-state index contributed by atoms with van der Waals surface area (Å²) in [5, 5.41) is 3.38. The van der Waals surface area contributed by atoms with E-state index < -0.39 is 0 Å². The van der Waals surface area contributed by atoms with Gasteiger partial charge in [0.25, 0.3) is 0 Å². The fourth-order valence-corrected chi connectivity index (χ4v) is 2.06. The van der Waals surface area contributed by atoms with E-state index in [1.807, 2.05) is 44.2 Å². The van der Waals surface area contributed by atoms with Gasteiger partial charge < -0.3 is 20.5 Å². The van der Waals surface area contributed by atoms with E-state index in [9.17, 15) is 0 Å². The molecule has 4 heteroatoms. The Kier molecular flexibility index (Phi) is 5.32. The Bertz CT molecular complexity index is 571. The molecule has 0 aliphatic carbocycles. The van der Waals surface area contributed by atoms with Gasteiger partial charge in [0.2, 0.25) is 0 Å². The van der Waals surface area contributed by atoms with E-state index >= 15 is 0 Å². The van der Waals surface area contributed by atoms with Crippen LogP contribution in [0.25, 0.3) is 0 Å². The summed E-state index contributed by atoms with van der Waals surface area (Å²) in [6.45, 7) is 5.78. The standard InChI is InChI=1S/C17H22N2O2/c1-3-20-16-11-15(17(21-4-2)10-14(16)18)19-12-13-8-6-5-7-9-13/h5-11,19H,3-4,12,18H2,1-2H3. The van der Waals surface area contributed by atoms with Gasteiger partial charge in [0.1, 0.15) is 11.5 Å². The number of ether oxygens (including phenoxy) is 2. The average Bonchev–Trinajstić information content (AvgIpc) is 2.50. The van der Waals surface area contributed by atoms with Crippen LogP contribution in [-0.4, -0.2) is 13.2 Å². The van der Waals surface area contributed by atoms with Crippen LogP contribution in [0.2, 0.25) is 0 Å². The van der Waals surface area contributed by atoms with Gasteiger partial charge in [-0.25, -0.2) is 0 Å². The first kappa shape index (κ1) is 15.0. The van der Waals surface area contributed by atoms with Crippen LogP contribution < -0.4 is 20.5 Å². The molecule has 0 bridgehead atoms. The molecule has 0 aliphatic rings. The highest BCUT2D eigenvalue weighted by Gasteiger charge is 2.10. The Morgan fingerprint density at radius 3 is 2.29 bits per heavy atom. The number of benzene rings is 2. The highest BCUT2D eigenvalue weighted by molar-refractivity contribution is 5.69. The molecular weight excluding hydrogens is 264 g/mol. The second-order valence-electron chi connectivity index (χ2n) is 4.59. The van der Waals surface area contributed by atoms with Crippen LogP contribution in [0.1, 0.15) is 19.4 Å². The lowest BCUT2D eigenvalue weighted by Crippen LogP contribution is -2.05. The van der Waals surface area contributed by atoms with E-state index in [-0.39, 0.29) is 0 Å². The van der Waals surface area contributed by atoms with E-state index in [1.165, 1.54) is 5.56 Å². The zero-order valence-electron chi connectivity index (χ0n) is 12.6. The van der Waals surface area contributed by atoms with Crippen LogP contribution in [0.15, 0.2) is 42.5 Å². The maximum atomic E-state index is 5.98. The number of nitrogens with two attached hydrogens (primary N) is 1. The van der Waals surface area contributed by atoms with Crippen LogP contribution in [-0.2, 0) is 6.54 Å². The first-order valence-electron chi connectivity index (χ1n) is 7.21. The Hall–Kier alpha value is -2.36. The van der Waals surface area contributed by atoms with Crippen molar-refractivity contribution in [3.05, 3.63) is 48.0 Å². The normalized spacial score (nSPS) is 10.2. The van der Waals surface area contributed by atoms with Crippen molar-refractivity contribution in [2.24, 2.45) is 0 Å². The molecule has 0 atom stereocenters. The van der Waals surface area contributed by atoms with E-state index in [0.29, 0.717) is 24.7 Å². The van der Waals surface area contributed by atoms with Gasteiger partial charge >= 0.3 is 0 Å². The number of hydrogen-bond donors (Lipinski definition) is 2. The average molecular weight is 286 g/mol. The number of nitrogen functional groups attached to an aromatic ring is 1. The highest BCUT2D eigenvalue weighted by Crippen LogP contribution is 2.35. The highest BCUT2D eigenvalue weighted by atomic mass is 16.5. The summed E-state index contributed by atoms with van der Waals surface area (Å²) in [4.78, 5) is 0. The minimum absolute atomic E-state index is 0.580. The number of hydrogen-bond acceptors (Lipinski definition) is 4. The molecule has 0 saturated heterocycles. The fourth-order valence-electron chi connectivity index (χ4n) is 2.06. The summed E-state index contributed by atoms with van der Waals surface area (Å²) in [7, 11) is 0. The maximum absolute atomic E-state index is 5.98. The Balaban J connectivity index is 2.20. The monoisotopic (exact) mass is 286 g/mol. The molecule has 0 aromatic heterocycles. The lowest BCUT2D eigenvalue weighted by Gasteiger charge is -2.16. The van der Waals surface area contributed by atoms with E-state index in [2.05, 4.69) is 17.4 Å². The van der Waals surface area contributed by atoms with Crippen LogP contribution in [0, 0.1) is 0 Å². The van der Waals surface area contributed by atoms with Crippen LogP contribution in [0.3, 0.4) is 0 Å². The molecular formula is C17H22N2O2. The van der Waals surface area contributed by atoms with Crippen molar-refractivity contribution in [3.63, 3.8) is 0 Å². The van der Waals surface area contributed by atoms with Gasteiger partial charge in [-0.2, -0.15) is 0 Å². The van der Waals surface area contributed by atoms with Crippen molar-refractivity contribution in [1.29, 1.82) is 0 Å². The van der Waals surface area contributed by atoms with Gasteiger partial charge in [-0.1, -0.05) is 30.3 Å². The zero-order chi connectivity index (χ0) is 15.1. The smallest absolute Gasteiger partial charge is 0.144 e. The molecule has 0 heterocycles. The lowest BCUT2D eigenvalue weighted by molar-refractivity contribution is 0.333. The van der Waals surface area contributed by atoms with Crippen molar-refractivity contribution in [1.82, 2.24) is 0 Å². The second-order valence-corrected chi connectivity index (χ2v) is 4.59. The molecule has 0 amide bonds. The second kappa shape index (κ2) is 7.43. The first-order chi connectivity index (χ1) is 10.2. The Morgan fingerprint density at radius 2 is 1.62 bits per heavy atom. The number of anilines is 2. The Labute approximate surface area is 125 Å². The van der Waals surface area contributed by atoms with Crippen LogP contribution >= 0.6 is 0 Å². The SMILES string of the molecule is CCOc1cc(NCc2ccccc2)c(OCC)cc1N. The minimum Gasteiger partial charge on any atom is -0.492 e. The quantitative estimate of drug-likeness (QED) is 0.762. The molecule has 21 heavy (non-hydrogen) atoms. The van der Waals surface area contributed by atoms with Gasteiger partial charge in [-0.05, 0) is 19.4 Å². The van der Waals surface area contributed by atoms with Crippen molar-refractivity contribution < 1.29 is 9.47 Å². The molecule has 0 unspecified atom stereocenters. The number of nitrogens with one attached hydrogen (secondary N) is 1. The topological polar surface area (TPSA) is 56.5 Å². The molecule has 0 fully saturated rings. The predicted octanol–water partition coefficient (Wildman–Crippen LogP) is 3.68. The molecule has 4 nitrogen and oxygen atoms in total. The summed E-state index contributed by atoms with van der Waals surface area (Å²) in [5.74, 6) is 1.42. The van der Waals surface area contributed by atoms with Crippen molar-refractivity contribution in [2.75, 3.05) is 24.3 Å². The summed E-state index contributed by atoms with van der Waals surface area (Å²) < 4.78 is 11.2. The third kappa shape index (κ3) is 4.05. The molecule has 0 aliphatic heterocycles. The van der Waals surface area contributed by atoms with Crippen LogP contribution in [0.4, 0.5) is 11.4 Å². The van der Waals surface area contributed by atoms with E-state index in [0.717, 1.165) is 18.0 Å². The minimum atomic E-state index is 0.580. The van der Waals surface area contributed by atoms with Gasteiger partial charge in [0, 0.05) is 18.7 Å². The Morgan fingerprint density at radius 1 is 0.952 bits per heavy atom. The van der Waals surface area contributed by atoms with E-state index in [1.54, 1.807) is 0 Å². The maximum Gasteiger partial charge on any atom is 0.144 e.